The highest BCUT2D eigenvalue weighted by Gasteiger charge is 2.21. The number of aryl methyl sites for hydroxylation is 4. The van der Waals surface area contributed by atoms with Gasteiger partial charge in [0.2, 0.25) is 0 Å². The fourth-order valence-electron chi connectivity index (χ4n) is 4.05. The van der Waals surface area contributed by atoms with Crippen LogP contribution in [0.1, 0.15) is 80.5 Å². The summed E-state index contributed by atoms with van der Waals surface area (Å²) in [6.45, 7) is 14.6. The van der Waals surface area contributed by atoms with Gasteiger partial charge in [0.05, 0.1) is 6.61 Å². The van der Waals surface area contributed by atoms with Gasteiger partial charge in [0.25, 0.3) is 0 Å². The zero-order valence-electron chi connectivity index (χ0n) is 18.3. The van der Waals surface area contributed by atoms with Crippen LogP contribution in [0.15, 0.2) is 30.3 Å². The van der Waals surface area contributed by atoms with E-state index in [1.165, 1.54) is 38.9 Å². The van der Waals surface area contributed by atoms with E-state index in [0.29, 0.717) is 0 Å². The second kappa shape index (κ2) is 7.43. The lowest BCUT2D eigenvalue weighted by Gasteiger charge is -2.26. The average Bonchev–Trinajstić information content (AvgIpc) is 2.57. The van der Waals surface area contributed by atoms with Crippen molar-refractivity contribution in [3.05, 3.63) is 69.3 Å². The Labute approximate surface area is 166 Å². The zero-order valence-corrected chi connectivity index (χ0v) is 18.3. The zero-order chi connectivity index (χ0) is 19.8. The predicted molar refractivity (Wildman–Crippen MR) is 116 cm³/mol. The molecule has 0 aliphatic heterocycles. The standard InChI is InChI=1S/C26H36O/c1-25(2,3)22-13-18-8-10-20-15-23(26(4,5)6)16-21(24(20)17-27-7)11-9-19(12-18)14-22/h12-16H,8-11,17H2,1-7H3. The normalized spacial score (nSPS) is 14.9. The molecule has 3 rings (SSSR count). The van der Waals surface area contributed by atoms with Crippen molar-refractivity contribution in [2.75, 3.05) is 7.11 Å². The average molecular weight is 365 g/mol. The Balaban J connectivity index is 2.08. The maximum absolute atomic E-state index is 5.59. The van der Waals surface area contributed by atoms with Gasteiger partial charge in [-0.25, -0.2) is 0 Å². The number of rotatable bonds is 2. The van der Waals surface area contributed by atoms with E-state index >= 15 is 0 Å². The van der Waals surface area contributed by atoms with E-state index in [-0.39, 0.29) is 10.8 Å². The Morgan fingerprint density at radius 3 is 1.52 bits per heavy atom. The van der Waals surface area contributed by atoms with Gasteiger partial charge in [-0.3, -0.25) is 0 Å². The van der Waals surface area contributed by atoms with Gasteiger partial charge >= 0.3 is 0 Å². The predicted octanol–water partition coefficient (Wildman–Crippen LogP) is 6.31. The van der Waals surface area contributed by atoms with Gasteiger partial charge < -0.3 is 4.74 Å². The minimum Gasteiger partial charge on any atom is -0.380 e. The molecule has 2 aromatic carbocycles. The lowest BCUT2D eigenvalue weighted by molar-refractivity contribution is 0.183. The number of benzene rings is 2. The van der Waals surface area contributed by atoms with Gasteiger partial charge in [0.15, 0.2) is 0 Å². The highest BCUT2D eigenvalue weighted by atomic mass is 16.5. The summed E-state index contributed by atoms with van der Waals surface area (Å²) in [5.74, 6) is 0. The van der Waals surface area contributed by atoms with Gasteiger partial charge in [-0.1, -0.05) is 71.9 Å². The summed E-state index contributed by atoms with van der Waals surface area (Å²) in [5, 5.41) is 0. The quantitative estimate of drug-likeness (QED) is 0.606. The molecule has 0 saturated heterocycles. The van der Waals surface area contributed by atoms with Crippen LogP contribution in [0.25, 0.3) is 0 Å². The molecule has 4 bridgehead atoms. The molecule has 0 fully saturated rings. The number of methoxy groups -OCH3 is 1. The number of fused-ring (bicyclic) bond motifs is 4. The minimum absolute atomic E-state index is 0.174. The first-order chi connectivity index (χ1) is 12.6. The van der Waals surface area contributed by atoms with Crippen LogP contribution in [0.4, 0.5) is 0 Å². The van der Waals surface area contributed by atoms with Crippen molar-refractivity contribution in [2.24, 2.45) is 0 Å². The molecule has 1 aliphatic rings. The Morgan fingerprint density at radius 1 is 0.667 bits per heavy atom. The summed E-state index contributed by atoms with van der Waals surface area (Å²) < 4.78 is 5.59. The third-order valence-electron chi connectivity index (χ3n) is 5.87. The van der Waals surface area contributed by atoms with Crippen LogP contribution in [-0.2, 0) is 47.9 Å². The Bertz CT molecular complexity index is 768. The SMILES string of the molecule is COCc1c2cc(C(C)(C)C)cc1CCc1cc(cc(C(C)(C)C)c1)CC2. The molecule has 0 unspecified atom stereocenters. The summed E-state index contributed by atoms with van der Waals surface area (Å²) in [6.07, 6.45) is 4.37. The molecule has 0 heterocycles. The van der Waals surface area contributed by atoms with Crippen LogP contribution in [-0.4, -0.2) is 7.11 Å². The second-order valence-electron chi connectivity index (χ2n) is 10.2. The molecule has 0 atom stereocenters. The minimum atomic E-state index is 0.174. The molecule has 0 amide bonds. The van der Waals surface area contributed by atoms with Crippen molar-refractivity contribution in [2.45, 2.75) is 84.7 Å². The number of hydrogen-bond acceptors (Lipinski definition) is 1. The van der Waals surface area contributed by atoms with Crippen molar-refractivity contribution >= 4 is 0 Å². The van der Waals surface area contributed by atoms with Gasteiger partial charge in [-0.05, 0) is 75.5 Å². The van der Waals surface area contributed by atoms with Crippen molar-refractivity contribution in [3.63, 3.8) is 0 Å². The largest absolute Gasteiger partial charge is 0.380 e. The first-order valence-corrected chi connectivity index (χ1v) is 10.4. The lowest BCUT2D eigenvalue weighted by Crippen LogP contribution is -2.16. The molecule has 27 heavy (non-hydrogen) atoms. The molecular formula is C26H36O. The molecule has 0 N–H and O–H groups in total. The molecule has 1 nitrogen and oxygen atoms in total. The molecule has 0 aromatic heterocycles. The van der Waals surface area contributed by atoms with Gasteiger partial charge in [0, 0.05) is 7.11 Å². The summed E-state index contributed by atoms with van der Waals surface area (Å²) in [5.41, 5.74) is 10.6. The van der Waals surface area contributed by atoms with E-state index < -0.39 is 0 Å². The monoisotopic (exact) mass is 364 g/mol. The highest BCUT2D eigenvalue weighted by Crippen LogP contribution is 2.32. The molecule has 1 aliphatic carbocycles. The highest BCUT2D eigenvalue weighted by molar-refractivity contribution is 5.44. The fourth-order valence-corrected chi connectivity index (χ4v) is 4.05. The van der Waals surface area contributed by atoms with Crippen LogP contribution >= 0.6 is 0 Å². The molecule has 0 spiro atoms. The lowest BCUT2D eigenvalue weighted by atomic mass is 9.80. The second-order valence-corrected chi connectivity index (χ2v) is 10.2. The van der Waals surface area contributed by atoms with Crippen molar-refractivity contribution in [3.8, 4) is 0 Å². The van der Waals surface area contributed by atoms with E-state index in [4.69, 9.17) is 4.74 Å². The van der Waals surface area contributed by atoms with Crippen molar-refractivity contribution in [1.82, 2.24) is 0 Å². The molecule has 146 valence electrons. The van der Waals surface area contributed by atoms with Gasteiger partial charge in [-0.15, -0.1) is 0 Å². The number of hydrogen-bond donors (Lipinski definition) is 0. The third-order valence-corrected chi connectivity index (χ3v) is 5.87. The van der Waals surface area contributed by atoms with E-state index in [2.05, 4.69) is 71.9 Å². The van der Waals surface area contributed by atoms with Gasteiger partial charge in [-0.2, -0.15) is 0 Å². The van der Waals surface area contributed by atoms with Crippen molar-refractivity contribution < 1.29 is 4.74 Å². The first kappa shape index (κ1) is 20.1. The van der Waals surface area contributed by atoms with E-state index in [0.717, 1.165) is 32.3 Å². The van der Waals surface area contributed by atoms with Crippen LogP contribution in [0, 0.1) is 0 Å². The topological polar surface area (TPSA) is 9.23 Å². The fraction of sp³-hybridized carbons (Fsp3) is 0.538. The molecule has 2 aromatic rings. The third kappa shape index (κ3) is 4.63. The molecule has 0 radical (unpaired) electrons. The Morgan fingerprint density at radius 2 is 1.11 bits per heavy atom. The maximum atomic E-state index is 5.59. The van der Waals surface area contributed by atoms with Gasteiger partial charge in [0.1, 0.15) is 0 Å². The molecule has 0 saturated carbocycles. The summed E-state index contributed by atoms with van der Waals surface area (Å²) >= 11 is 0. The van der Waals surface area contributed by atoms with Crippen LogP contribution < -0.4 is 0 Å². The summed E-state index contributed by atoms with van der Waals surface area (Å²) in [6, 6.07) is 12.2. The number of ether oxygens (including phenoxy) is 1. The van der Waals surface area contributed by atoms with Crippen LogP contribution in [0.5, 0.6) is 0 Å². The smallest absolute Gasteiger partial charge is 0.0718 e. The van der Waals surface area contributed by atoms with E-state index in [1.807, 2.05) is 7.11 Å². The Kier molecular flexibility index (Phi) is 5.54. The molecule has 1 heteroatoms. The summed E-state index contributed by atoms with van der Waals surface area (Å²) in [7, 11) is 1.81. The van der Waals surface area contributed by atoms with Crippen molar-refractivity contribution in [1.29, 1.82) is 0 Å². The van der Waals surface area contributed by atoms with Crippen LogP contribution in [0.2, 0.25) is 0 Å². The van der Waals surface area contributed by atoms with Crippen LogP contribution in [0.3, 0.4) is 0 Å². The summed E-state index contributed by atoms with van der Waals surface area (Å²) in [4.78, 5) is 0. The Hall–Kier alpha value is -1.60. The first-order valence-electron chi connectivity index (χ1n) is 10.4. The van der Waals surface area contributed by atoms with E-state index in [9.17, 15) is 0 Å². The molecular weight excluding hydrogens is 328 g/mol. The maximum Gasteiger partial charge on any atom is 0.0718 e. The van der Waals surface area contributed by atoms with E-state index in [1.54, 1.807) is 0 Å².